The quantitative estimate of drug-likeness (QED) is 0.574. The van der Waals surface area contributed by atoms with Crippen LogP contribution in [0.15, 0.2) is 60.9 Å². The fourth-order valence-corrected chi connectivity index (χ4v) is 2.96. The van der Waals surface area contributed by atoms with Gasteiger partial charge in [-0.3, -0.25) is 9.48 Å². The third kappa shape index (κ3) is 4.79. The summed E-state index contributed by atoms with van der Waals surface area (Å²) in [4.78, 5) is 11.6. The molecule has 0 aliphatic carbocycles. The van der Waals surface area contributed by atoms with Gasteiger partial charge in [0.15, 0.2) is 0 Å². The largest absolute Gasteiger partial charge is 0.465 e. The van der Waals surface area contributed by atoms with E-state index in [1.807, 2.05) is 24.3 Å². The number of carbonyl (C=O) groups is 1. The summed E-state index contributed by atoms with van der Waals surface area (Å²) in [5.41, 5.74) is 2.42. The second kappa shape index (κ2) is 8.29. The minimum atomic E-state index is -4.37. The van der Waals surface area contributed by atoms with E-state index in [-0.39, 0.29) is 12.5 Å². The lowest BCUT2D eigenvalue weighted by Gasteiger charge is -2.11. The van der Waals surface area contributed by atoms with Gasteiger partial charge in [-0.05, 0) is 36.1 Å². The van der Waals surface area contributed by atoms with Crippen LogP contribution in [0.4, 0.5) is 13.2 Å². The molecule has 0 bridgehead atoms. The Hall–Kier alpha value is -3.09. The number of rotatable bonds is 6. The molecule has 28 heavy (non-hydrogen) atoms. The molecule has 2 aromatic carbocycles. The van der Waals surface area contributed by atoms with E-state index in [4.69, 9.17) is 4.74 Å². The number of halogens is 3. The molecule has 1 heterocycles. The second-order valence-corrected chi connectivity index (χ2v) is 6.26. The van der Waals surface area contributed by atoms with Gasteiger partial charge in [0, 0.05) is 11.8 Å². The van der Waals surface area contributed by atoms with Crippen LogP contribution in [0.5, 0.6) is 0 Å². The maximum absolute atomic E-state index is 13.0. The lowest BCUT2D eigenvalue weighted by molar-refractivity contribution is -0.144. The smallest absolute Gasteiger partial charge is 0.416 e. The van der Waals surface area contributed by atoms with Crippen molar-refractivity contribution in [2.45, 2.75) is 26.1 Å². The van der Waals surface area contributed by atoms with Crippen molar-refractivity contribution in [1.29, 1.82) is 0 Å². The normalized spacial score (nSPS) is 11.4. The summed E-state index contributed by atoms with van der Waals surface area (Å²) in [6, 6.07) is 12.8. The lowest BCUT2D eigenvalue weighted by Crippen LogP contribution is -2.13. The van der Waals surface area contributed by atoms with E-state index in [9.17, 15) is 18.0 Å². The highest BCUT2D eigenvalue weighted by molar-refractivity contribution is 5.70. The van der Waals surface area contributed by atoms with E-state index in [2.05, 4.69) is 5.10 Å². The fraction of sp³-hybridized carbons (Fsp3) is 0.238. The number of esters is 1. The molecular weight excluding hydrogens is 369 g/mol. The number of benzene rings is 2. The Balaban J connectivity index is 1.85. The van der Waals surface area contributed by atoms with E-state index in [0.29, 0.717) is 18.6 Å². The van der Waals surface area contributed by atoms with E-state index in [0.717, 1.165) is 22.8 Å². The molecule has 0 unspecified atom stereocenters. The Bertz CT molecular complexity index is 964. The van der Waals surface area contributed by atoms with Crippen molar-refractivity contribution < 1.29 is 22.7 Å². The van der Waals surface area contributed by atoms with Gasteiger partial charge in [-0.1, -0.05) is 42.5 Å². The van der Waals surface area contributed by atoms with E-state index < -0.39 is 11.7 Å². The molecule has 0 saturated heterocycles. The Morgan fingerprint density at radius 3 is 2.68 bits per heavy atom. The summed E-state index contributed by atoms with van der Waals surface area (Å²) < 4.78 is 45.3. The van der Waals surface area contributed by atoms with Crippen LogP contribution >= 0.6 is 0 Å². The summed E-state index contributed by atoms with van der Waals surface area (Å²) in [6.45, 7) is 2.03. The van der Waals surface area contributed by atoms with Gasteiger partial charge < -0.3 is 4.74 Å². The molecule has 0 fully saturated rings. The lowest BCUT2D eigenvalue weighted by atomic mass is 9.96. The van der Waals surface area contributed by atoms with Gasteiger partial charge in [0.2, 0.25) is 0 Å². The first-order valence-corrected chi connectivity index (χ1v) is 8.79. The molecule has 146 valence electrons. The minimum Gasteiger partial charge on any atom is -0.465 e. The predicted molar refractivity (Wildman–Crippen MR) is 98.5 cm³/mol. The van der Waals surface area contributed by atoms with Crippen LogP contribution < -0.4 is 0 Å². The number of alkyl halides is 3. The SMILES string of the molecule is CCOC(=O)Cn1cc(-c2ccccc2Cc2cccc(C(F)(F)F)c2)cn1. The van der Waals surface area contributed by atoms with Crippen LogP contribution in [0.3, 0.4) is 0 Å². The van der Waals surface area contributed by atoms with Crippen molar-refractivity contribution in [1.82, 2.24) is 9.78 Å². The summed E-state index contributed by atoms with van der Waals surface area (Å²) >= 11 is 0. The van der Waals surface area contributed by atoms with Gasteiger partial charge >= 0.3 is 12.1 Å². The first kappa shape index (κ1) is 19.7. The third-order valence-electron chi connectivity index (χ3n) is 4.21. The molecule has 1 aromatic heterocycles. The van der Waals surface area contributed by atoms with Crippen molar-refractivity contribution >= 4 is 5.97 Å². The second-order valence-electron chi connectivity index (χ2n) is 6.26. The summed E-state index contributed by atoms with van der Waals surface area (Å²) in [6.07, 6.45) is -0.668. The summed E-state index contributed by atoms with van der Waals surface area (Å²) in [5.74, 6) is -0.380. The zero-order valence-corrected chi connectivity index (χ0v) is 15.2. The van der Waals surface area contributed by atoms with Crippen molar-refractivity contribution in [2.75, 3.05) is 6.61 Å². The van der Waals surface area contributed by atoms with Crippen LogP contribution in [-0.2, 0) is 28.7 Å². The predicted octanol–water partition coefficient (Wildman–Crippen LogP) is 4.72. The molecule has 0 amide bonds. The Kier molecular flexibility index (Phi) is 5.82. The van der Waals surface area contributed by atoms with Gasteiger partial charge in [-0.25, -0.2) is 0 Å². The number of ether oxygens (including phenoxy) is 1. The Morgan fingerprint density at radius 2 is 1.93 bits per heavy atom. The van der Waals surface area contributed by atoms with Crippen LogP contribution in [0.2, 0.25) is 0 Å². The van der Waals surface area contributed by atoms with Gasteiger partial charge in [0.05, 0.1) is 18.4 Å². The Morgan fingerprint density at radius 1 is 1.14 bits per heavy atom. The van der Waals surface area contributed by atoms with Gasteiger partial charge in [0.1, 0.15) is 6.54 Å². The molecule has 3 rings (SSSR count). The highest BCUT2D eigenvalue weighted by Gasteiger charge is 2.30. The van der Waals surface area contributed by atoms with Crippen molar-refractivity contribution in [2.24, 2.45) is 0 Å². The number of hydrogen-bond donors (Lipinski definition) is 0. The first-order chi connectivity index (χ1) is 13.4. The maximum Gasteiger partial charge on any atom is 0.416 e. The third-order valence-corrected chi connectivity index (χ3v) is 4.21. The highest BCUT2D eigenvalue weighted by Crippen LogP contribution is 2.31. The average Bonchev–Trinajstić information content (AvgIpc) is 3.10. The average molecular weight is 388 g/mol. The maximum atomic E-state index is 13.0. The fourth-order valence-electron chi connectivity index (χ4n) is 2.96. The van der Waals surface area contributed by atoms with Gasteiger partial charge in [-0.2, -0.15) is 18.3 Å². The Labute approximate surface area is 160 Å². The van der Waals surface area contributed by atoms with Crippen molar-refractivity contribution in [3.8, 4) is 11.1 Å². The molecule has 4 nitrogen and oxygen atoms in total. The van der Waals surface area contributed by atoms with Crippen LogP contribution in [0.25, 0.3) is 11.1 Å². The number of aromatic nitrogens is 2. The van der Waals surface area contributed by atoms with Crippen molar-refractivity contribution in [3.05, 3.63) is 77.6 Å². The summed E-state index contributed by atoms with van der Waals surface area (Å²) in [5, 5.41) is 4.18. The van der Waals surface area contributed by atoms with E-state index in [1.165, 1.54) is 16.8 Å². The zero-order chi connectivity index (χ0) is 20.1. The number of carbonyl (C=O) groups excluding carboxylic acids is 1. The van der Waals surface area contributed by atoms with Crippen LogP contribution in [-0.4, -0.2) is 22.4 Å². The number of hydrogen-bond acceptors (Lipinski definition) is 3. The molecule has 3 aromatic rings. The topological polar surface area (TPSA) is 44.1 Å². The molecule has 0 aliphatic rings. The molecule has 0 radical (unpaired) electrons. The van der Waals surface area contributed by atoms with Crippen LogP contribution in [0.1, 0.15) is 23.6 Å². The monoisotopic (exact) mass is 388 g/mol. The molecule has 0 N–H and O–H groups in total. The molecule has 0 saturated carbocycles. The standard InChI is InChI=1S/C21H19F3N2O2/c1-2-28-20(27)14-26-13-17(12-25-26)19-9-4-3-7-16(19)10-15-6-5-8-18(11-15)21(22,23)24/h3-9,11-13H,2,10,14H2,1H3. The molecule has 0 spiro atoms. The minimum absolute atomic E-state index is 0.00361. The molecule has 7 heteroatoms. The zero-order valence-electron chi connectivity index (χ0n) is 15.2. The molecule has 0 atom stereocenters. The molecular formula is C21H19F3N2O2. The first-order valence-electron chi connectivity index (χ1n) is 8.79. The van der Waals surface area contributed by atoms with Crippen molar-refractivity contribution in [3.63, 3.8) is 0 Å². The molecule has 0 aliphatic heterocycles. The highest BCUT2D eigenvalue weighted by atomic mass is 19.4. The number of nitrogens with zero attached hydrogens (tertiary/aromatic N) is 2. The van der Waals surface area contributed by atoms with Gasteiger partial charge in [0.25, 0.3) is 0 Å². The van der Waals surface area contributed by atoms with E-state index in [1.54, 1.807) is 25.4 Å². The summed E-state index contributed by atoms with van der Waals surface area (Å²) in [7, 11) is 0. The van der Waals surface area contributed by atoms with Gasteiger partial charge in [-0.15, -0.1) is 0 Å². The van der Waals surface area contributed by atoms with Crippen LogP contribution in [0, 0.1) is 0 Å². The van der Waals surface area contributed by atoms with E-state index >= 15 is 0 Å².